The smallest absolute Gasteiger partial charge is 0.119 e. The summed E-state index contributed by atoms with van der Waals surface area (Å²) in [6.45, 7) is 5.23. The van der Waals surface area contributed by atoms with E-state index < -0.39 is 0 Å². The van der Waals surface area contributed by atoms with Gasteiger partial charge in [-0.3, -0.25) is 0 Å². The number of rotatable bonds is 5. The van der Waals surface area contributed by atoms with E-state index in [1.165, 1.54) is 0 Å². The van der Waals surface area contributed by atoms with Crippen LogP contribution in [0.15, 0.2) is 30.5 Å². The standard InChI is InChI=1S/C13H18N4O/c1-3-18-12-6-4-11(5-7-12)8-17-9-13(10(2)14)15-16-17/h4-7,9-10H,3,8,14H2,1-2H3. The Balaban J connectivity index is 2.03. The van der Waals surface area contributed by atoms with Crippen molar-refractivity contribution in [1.82, 2.24) is 15.0 Å². The maximum Gasteiger partial charge on any atom is 0.119 e. The minimum Gasteiger partial charge on any atom is -0.494 e. The lowest BCUT2D eigenvalue weighted by Crippen LogP contribution is -2.05. The Morgan fingerprint density at radius 2 is 2.06 bits per heavy atom. The van der Waals surface area contributed by atoms with Crippen molar-refractivity contribution in [3.05, 3.63) is 41.7 Å². The summed E-state index contributed by atoms with van der Waals surface area (Å²) in [6.07, 6.45) is 1.88. The highest BCUT2D eigenvalue weighted by molar-refractivity contribution is 5.27. The van der Waals surface area contributed by atoms with Gasteiger partial charge in [0, 0.05) is 6.04 Å². The van der Waals surface area contributed by atoms with Crippen molar-refractivity contribution < 1.29 is 4.74 Å². The molecule has 0 saturated heterocycles. The minimum atomic E-state index is -0.0842. The number of nitrogens with two attached hydrogens (primary N) is 1. The molecule has 96 valence electrons. The van der Waals surface area contributed by atoms with Gasteiger partial charge in [0.25, 0.3) is 0 Å². The maximum absolute atomic E-state index is 5.74. The van der Waals surface area contributed by atoms with Gasteiger partial charge in [-0.05, 0) is 31.5 Å². The van der Waals surface area contributed by atoms with Gasteiger partial charge in [-0.1, -0.05) is 17.3 Å². The Morgan fingerprint density at radius 3 is 2.61 bits per heavy atom. The molecule has 1 aromatic heterocycles. The molecular weight excluding hydrogens is 228 g/mol. The van der Waals surface area contributed by atoms with Crippen LogP contribution in [0.25, 0.3) is 0 Å². The van der Waals surface area contributed by atoms with Crippen molar-refractivity contribution in [3.8, 4) is 5.75 Å². The topological polar surface area (TPSA) is 66.0 Å². The Kier molecular flexibility index (Phi) is 3.94. The first kappa shape index (κ1) is 12.6. The second kappa shape index (κ2) is 5.64. The second-order valence-electron chi connectivity index (χ2n) is 4.21. The highest BCUT2D eigenvalue weighted by Crippen LogP contribution is 2.13. The monoisotopic (exact) mass is 246 g/mol. The predicted molar refractivity (Wildman–Crippen MR) is 69.3 cm³/mol. The molecule has 5 nitrogen and oxygen atoms in total. The number of hydrogen-bond donors (Lipinski definition) is 1. The summed E-state index contributed by atoms with van der Waals surface area (Å²) in [5.74, 6) is 0.885. The van der Waals surface area contributed by atoms with Gasteiger partial charge in [-0.15, -0.1) is 5.10 Å². The van der Waals surface area contributed by atoms with Crippen LogP contribution in [-0.4, -0.2) is 21.6 Å². The molecule has 0 saturated carbocycles. The zero-order chi connectivity index (χ0) is 13.0. The Bertz CT molecular complexity index is 490. The van der Waals surface area contributed by atoms with E-state index in [1.54, 1.807) is 4.68 Å². The molecule has 0 fully saturated rings. The molecule has 2 N–H and O–H groups in total. The molecule has 1 aromatic carbocycles. The molecule has 0 aliphatic heterocycles. The van der Waals surface area contributed by atoms with E-state index >= 15 is 0 Å². The van der Waals surface area contributed by atoms with E-state index in [4.69, 9.17) is 10.5 Å². The molecule has 0 amide bonds. The first-order chi connectivity index (χ1) is 8.69. The van der Waals surface area contributed by atoms with Gasteiger partial charge in [0.15, 0.2) is 0 Å². The fourth-order valence-electron chi connectivity index (χ4n) is 1.64. The number of hydrogen-bond acceptors (Lipinski definition) is 4. The Hall–Kier alpha value is -1.88. The summed E-state index contributed by atoms with van der Waals surface area (Å²) in [6, 6.07) is 7.89. The third-order valence-corrected chi connectivity index (χ3v) is 2.60. The molecule has 2 rings (SSSR count). The van der Waals surface area contributed by atoms with Crippen molar-refractivity contribution in [1.29, 1.82) is 0 Å². The van der Waals surface area contributed by atoms with Crippen LogP contribution < -0.4 is 10.5 Å². The van der Waals surface area contributed by atoms with Gasteiger partial charge >= 0.3 is 0 Å². The van der Waals surface area contributed by atoms with E-state index in [0.717, 1.165) is 17.0 Å². The molecule has 2 aromatic rings. The minimum absolute atomic E-state index is 0.0842. The first-order valence-electron chi connectivity index (χ1n) is 6.06. The van der Waals surface area contributed by atoms with E-state index in [-0.39, 0.29) is 6.04 Å². The fourth-order valence-corrected chi connectivity index (χ4v) is 1.64. The summed E-state index contributed by atoms with van der Waals surface area (Å²) in [5, 5.41) is 8.07. The first-order valence-corrected chi connectivity index (χ1v) is 6.06. The molecule has 0 aliphatic rings. The van der Waals surface area contributed by atoms with E-state index in [9.17, 15) is 0 Å². The normalized spacial score (nSPS) is 12.4. The molecule has 1 unspecified atom stereocenters. The van der Waals surface area contributed by atoms with Crippen molar-refractivity contribution in [3.63, 3.8) is 0 Å². The molecule has 0 aliphatic carbocycles. The van der Waals surface area contributed by atoms with Crippen LogP contribution >= 0.6 is 0 Å². The molecule has 1 atom stereocenters. The van der Waals surface area contributed by atoms with Crippen molar-refractivity contribution in [2.45, 2.75) is 26.4 Å². The average Bonchev–Trinajstić information content (AvgIpc) is 2.81. The Labute approximate surface area is 107 Å². The van der Waals surface area contributed by atoms with Crippen LogP contribution in [0.2, 0.25) is 0 Å². The zero-order valence-corrected chi connectivity index (χ0v) is 10.7. The van der Waals surface area contributed by atoms with Gasteiger partial charge in [0.1, 0.15) is 5.75 Å². The van der Waals surface area contributed by atoms with Crippen molar-refractivity contribution in [2.75, 3.05) is 6.61 Å². The van der Waals surface area contributed by atoms with Crippen LogP contribution in [-0.2, 0) is 6.54 Å². The van der Waals surface area contributed by atoms with Gasteiger partial charge < -0.3 is 10.5 Å². The highest BCUT2D eigenvalue weighted by atomic mass is 16.5. The lowest BCUT2D eigenvalue weighted by Gasteiger charge is -2.04. The van der Waals surface area contributed by atoms with Crippen LogP contribution in [0, 0.1) is 0 Å². The third kappa shape index (κ3) is 3.07. The van der Waals surface area contributed by atoms with Crippen LogP contribution in [0.1, 0.15) is 31.1 Å². The highest BCUT2D eigenvalue weighted by Gasteiger charge is 2.05. The molecule has 1 heterocycles. The fraction of sp³-hybridized carbons (Fsp3) is 0.385. The molecule has 5 heteroatoms. The van der Waals surface area contributed by atoms with Gasteiger partial charge in [0.05, 0.1) is 25.0 Å². The zero-order valence-electron chi connectivity index (χ0n) is 10.7. The number of aromatic nitrogens is 3. The number of ether oxygens (including phenoxy) is 1. The SMILES string of the molecule is CCOc1ccc(Cn2cc(C(C)N)nn2)cc1. The average molecular weight is 246 g/mol. The largest absolute Gasteiger partial charge is 0.494 e. The molecule has 0 radical (unpaired) electrons. The van der Waals surface area contributed by atoms with Crippen molar-refractivity contribution >= 4 is 0 Å². The lowest BCUT2D eigenvalue weighted by molar-refractivity contribution is 0.340. The summed E-state index contributed by atoms with van der Waals surface area (Å²) >= 11 is 0. The molecule has 18 heavy (non-hydrogen) atoms. The quantitative estimate of drug-likeness (QED) is 0.872. The van der Waals surface area contributed by atoms with Crippen LogP contribution in [0.4, 0.5) is 0 Å². The summed E-state index contributed by atoms with van der Waals surface area (Å²) in [7, 11) is 0. The molecule has 0 bridgehead atoms. The predicted octanol–water partition coefficient (Wildman–Crippen LogP) is 1.74. The summed E-state index contributed by atoms with van der Waals surface area (Å²) < 4.78 is 7.18. The summed E-state index contributed by atoms with van der Waals surface area (Å²) in [4.78, 5) is 0. The van der Waals surface area contributed by atoms with Crippen LogP contribution in [0.5, 0.6) is 5.75 Å². The number of nitrogens with zero attached hydrogens (tertiary/aromatic N) is 3. The van der Waals surface area contributed by atoms with Gasteiger partial charge in [0.2, 0.25) is 0 Å². The van der Waals surface area contributed by atoms with E-state index in [2.05, 4.69) is 10.3 Å². The van der Waals surface area contributed by atoms with Crippen LogP contribution in [0.3, 0.4) is 0 Å². The van der Waals surface area contributed by atoms with Gasteiger partial charge in [-0.2, -0.15) is 0 Å². The Morgan fingerprint density at radius 1 is 1.33 bits per heavy atom. The number of benzene rings is 1. The van der Waals surface area contributed by atoms with E-state index in [0.29, 0.717) is 13.2 Å². The third-order valence-electron chi connectivity index (χ3n) is 2.60. The van der Waals surface area contributed by atoms with Gasteiger partial charge in [-0.25, -0.2) is 4.68 Å². The maximum atomic E-state index is 5.74. The van der Waals surface area contributed by atoms with Crippen molar-refractivity contribution in [2.24, 2.45) is 5.73 Å². The summed E-state index contributed by atoms with van der Waals surface area (Å²) in [5.41, 5.74) is 7.70. The molecular formula is C13H18N4O. The second-order valence-corrected chi connectivity index (χ2v) is 4.21. The molecule has 0 spiro atoms. The van der Waals surface area contributed by atoms with E-state index in [1.807, 2.05) is 44.3 Å². The lowest BCUT2D eigenvalue weighted by atomic mass is 10.2.